The highest BCUT2D eigenvalue weighted by Gasteiger charge is 2.35. The van der Waals surface area contributed by atoms with Crippen molar-refractivity contribution in [1.29, 1.82) is 0 Å². The number of nitrogens with zero attached hydrogens (tertiary/aromatic N) is 3. The zero-order chi connectivity index (χ0) is 20.9. The predicted octanol–water partition coefficient (Wildman–Crippen LogP) is 1.85. The van der Waals surface area contributed by atoms with Gasteiger partial charge in [-0.2, -0.15) is 0 Å². The Morgan fingerprint density at radius 3 is 2.53 bits per heavy atom. The summed E-state index contributed by atoms with van der Waals surface area (Å²) in [6, 6.07) is 13.4. The molecule has 2 aromatic rings. The van der Waals surface area contributed by atoms with Crippen LogP contribution in [0, 0.1) is 5.92 Å². The number of hydrogen-bond donors (Lipinski definition) is 1. The smallest absolute Gasteiger partial charge is 0.255 e. The quantitative estimate of drug-likeness (QED) is 0.822. The molecule has 3 amide bonds. The molecular formula is C23H26N4O3. The number of nitrogens with one attached hydrogen (secondary N) is 1. The minimum Gasteiger partial charge on any atom is -0.353 e. The Kier molecular flexibility index (Phi) is 6.07. The average molecular weight is 406 g/mol. The lowest BCUT2D eigenvalue weighted by atomic mass is 10.0. The maximum Gasteiger partial charge on any atom is 0.255 e. The van der Waals surface area contributed by atoms with E-state index in [4.69, 9.17) is 0 Å². The van der Waals surface area contributed by atoms with Crippen molar-refractivity contribution in [3.63, 3.8) is 0 Å². The second-order valence-electron chi connectivity index (χ2n) is 7.98. The van der Waals surface area contributed by atoms with Crippen LogP contribution in [0.15, 0.2) is 54.9 Å². The monoisotopic (exact) mass is 406 g/mol. The van der Waals surface area contributed by atoms with E-state index in [2.05, 4.69) is 10.3 Å². The van der Waals surface area contributed by atoms with E-state index in [0.29, 0.717) is 44.6 Å². The molecule has 0 spiro atoms. The number of hydrogen-bond acceptors (Lipinski definition) is 4. The molecule has 0 aliphatic carbocycles. The number of pyridine rings is 1. The van der Waals surface area contributed by atoms with E-state index in [1.54, 1.807) is 34.3 Å². The highest BCUT2D eigenvalue weighted by atomic mass is 16.2. The Bertz CT molecular complexity index is 895. The summed E-state index contributed by atoms with van der Waals surface area (Å²) in [4.78, 5) is 45.1. The first-order chi connectivity index (χ1) is 14.6. The van der Waals surface area contributed by atoms with Gasteiger partial charge in [-0.25, -0.2) is 0 Å². The van der Waals surface area contributed by atoms with Gasteiger partial charge in [-0.05, 0) is 30.5 Å². The predicted molar refractivity (Wildman–Crippen MR) is 111 cm³/mol. The van der Waals surface area contributed by atoms with Crippen LogP contribution in [0.2, 0.25) is 0 Å². The maximum atomic E-state index is 12.7. The molecule has 1 atom stereocenters. The summed E-state index contributed by atoms with van der Waals surface area (Å²) >= 11 is 0. The van der Waals surface area contributed by atoms with Crippen molar-refractivity contribution in [1.82, 2.24) is 20.1 Å². The molecule has 2 aliphatic heterocycles. The fourth-order valence-electron chi connectivity index (χ4n) is 4.12. The zero-order valence-corrected chi connectivity index (χ0v) is 16.9. The van der Waals surface area contributed by atoms with Crippen LogP contribution < -0.4 is 5.32 Å². The molecule has 7 heteroatoms. The van der Waals surface area contributed by atoms with E-state index in [1.807, 2.05) is 30.3 Å². The lowest BCUT2D eigenvalue weighted by molar-refractivity contribution is -0.129. The summed E-state index contributed by atoms with van der Waals surface area (Å²) in [5.41, 5.74) is 1.65. The molecule has 1 aromatic heterocycles. The normalized spacial score (nSPS) is 19.7. The Labute approximate surface area is 176 Å². The molecule has 0 saturated carbocycles. The Morgan fingerprint density at radius 2 is 1.83 bits per heavy atom. The molecule has 2 saturated heterocycles. The fourth-order valence-corrected chi connectivity index (χ4v) is 4.12. The number of carbonyl (C=O) groups excluding carboxylic acids is 3. The van der Waals surface area contributed by atoms with Crippen molar-refractivity contribution in [3.8, 4) is 0 Å². The first-order valence-corrected chi connectivity index (χ1v) is 10.4. The number of aromatic nitrogens is 1. The second-order valence-corrected chi connectivity index (χ2v) is 7.98. The summed E-state index contributed by atoms with van der Waals surface area (Å²) in [7, 11) is 0. The molecule has 3 heterocycles. The Hall–Kier alpha value is -3.22. The van der Waals surface area contributed by atoms with Crippen LogP contribution in [0.25, 0.3) is 0 Å². The molecule has 4 rings (SSSR count). The van der Waals surface area contributed by atoms with E-state index in [-0.39, 0.29) is 36.1 Å². The largest absolute Gasteiger partial charge is 0.353 e. The third-order valence-electron chi connectivity index (χ3n) is 5.84. The average Bonchev–Trinajstić information content (AvgIpc) is 3.15. The topological polar surface area (TPSA) is 82.6 Å². The fraction of sp³-hybridized carbons (Fsp3) is 0.391. The van der Waals surface area contributed by atoms with Gasteiger partial charge in [-0.15, -0.1) is 0 Å². The van der Waals surface area contributed by atoms with Gasteiger partial charge >= 0.3 is 0 Å². The van der Waals surface area contributed by atoms with E-state index in [0.717, 1.165) is 5.56 Å². The third kappa shape index (κ3) is 4.67. The highest BCUT2D eigenvalue weighted by molar-refractivity contribution is 5.94. The highest BCUT2D eigenvalue weighted by Crippen LogP contribution is 2.21. The summed E-state index contributed by atoms with van der Waals surface area (Å²) in [6.07, 6.45) is 4.91. The molecule has 0 bridgehead atoms. The van der Waals surface area contributed by atoms with Crippen molar-refractivity contribution < 1.29 is 14.4 Å². The van der Waals surface area contributed by atoms with Gasteiger partial charge in [0.1, 0.15) is 0 Å². The number of amides is 3. The SMILES string of the molecule is O=C(NC1CCN(C(=O)c2cccnc2)CC1)C1CC(=O)N(Cc2ccccc2)C1. The van der Waals surface area contributed by atoms with Gasteiger partial charge < -0.3 is 15.1 Å². The van der Waals surface area contributed by atoms with Gasteiger partial charge in [0.25, 0.3) is 5.91 Å². The molecule has 1 aromatic carbocycles. The van der Waals surface area contributed by atoms with E-state index >= 15 is 0 Å². The van der Waals surface area contributed by atoms with Gasteiger partial charge in [0, 0.05) is 51.0 Å². The molecule has 1 unspecified atom stereocenters. The molecule has 1 N–H and O–H groups in total. The lowest BCUT2D eigenvalue weighted by Gasteiger charge is -2.32. The summed E-state index contributed by atoms with van der Waals surface area (Å²) in [5.74, 6) is -0.367. The second kappa shape index (κ2) is 9.07. The Morgan fingerprint density at radius 1 is 1.07 bits per heavy atom. The van der Waals surface area contributed by atoms with E-state index in [9.17, 15) is 14.4 Å². The first kappa shape index (κ1) is 20.1. The summed E-state index contributed by atoms with van der Waals surface area (Å²) in [5, 5.41) is 3.10. The van der Waals surface area contributed by atoms with Crippen molar-refractivity contribution in [2.75, 3.05) is 19.6 Å². The summed E-state index contributed by atoms with van der Waals surface area (Å²) < 4.78 is 0. The molecule has 2 fully saturated rings. The van der Waals surface area contributed by atoms with Gasteiger partial charge in [0.2, 0.25) is 11.8 Å². The van der Waals surface area contributed by atoms with Crippen molar-refractivity contribution in [2.24, 2.45) is 5.92 Å². The van der Waals surface area contributed by atoms with Crippen LogP contribution in [0.4, 0.5) is 0 Å². The molecule has 156 valence electrons. The molecule has 30 heavy (non-hydrogen) atoms. The van der Waals surface area contributed by atoms with Crippen LogP contribution in [0.1, 0.15) is 35.2 Å². The number of rotatable bonds is 5. The van der Waals surface area contributed by atoms with Crippen molar-refractivity contribution >= 4 is 17.7 Å². The van der Waals surface area contributed by atoms with Crippen LogP contribution in [0.3, 0.4) is 0 Å². The minimum absolute atomic E-state index is 0.0224. The standard InChI is InChI=1S/C23H26N4O3/c28-21-13-19(16-27(21)15-17-5-2-1-3-6-17)22(29)25-20-8-11-26(12-9-20)23(30)18-7-4-10-24-14-18/h1-7,10,14,19-20H,8-9,11-13,15-16H2,(H,25,29). The summed E-state index contributed by atoms with van der Waals surface area (Å²) in [6.45, 7) is 2.20. The van der Waals surface area contributed by atoms with E-state index in [1.165, 1.54) is 0 Å². The lowest BCUT2D eigenvalue weighted by Crippen LogP contribution is -2.48. The molecule has 2 aliphatic rings. The third-order valence-corrected chi connectivity index (χ3v) is 5.84. The van der Waals surface area contributed by atoms with Gasteiger partial charge in [-0.3, -0.25) is 19.4 Å². The first-order valence-electron chi connectivity index (χ1n) is 10.4. The minimum atomic E-state index is -0.309. The van der Waals surface area contributed by atoms with Crippen LogP contribution in [-0.4, -0.2) is 58.2 Å². The van der Waals surface area contributed by atoms with E-state index < -0.39 is 0 Å². The molecule has 7 nitrogen and oxygen atoms in total. The zero-order valence-electron chi connectivity index (χ0n) is 16.9. The molecular weight excluding hydrogens is 380 g/mol. The van der Waals surface area contributed by atoms with Crippen LogP contribution >= 0.6 is 0 Å². The van der Waals surface area contributed by atoms with Crippen molar-refractivity contribution in [2.45, 2.75) is 31.8 Å². The number of carbonyl (C=O) groups is 3. The number of piperidine rings is 1. The van der Waals surface area contributed by atoms with Crippen LogP contribution in [0.5, 0.6) is 0 Å². The van der Waals surface area contributed by atoms with Crippen LogP contribution in [-0.2, 0) is 16.1 Å². The molecule has 0 radical (unpaired) electrons. The number of benzene rings is 1. The van der Waals surface area contributed by atoms with Gasteiger partial charge in [0.05, 0.1) is 11.5 Å². The Balaban J connectivity index is 1.25. The van der Waals surface area contributed by atoms with Gasteiger partial charge in [-0.1, -0.05) is 30.3 Å². The maximum absolute atomic E-state index is 12.7. The van der Waals surface area contributed by atoms with Gasteiger partial charge in [0.15, 0.2) is 0 Å². The number of likely N-dealkylation sites (tertiary alicyclic amines) is 2. The van der Waals surface area contributed by atoms with Crippen molar-refractivity contribution in [3.05, 3.63) is 66.0 Å².